The van der Waals surface area contributed by atoms with Crippen LogP contribution in [-0.2, 0) is 28.6 Å². The lowest BCUT2D eigenvalue weighted by atomic mass is 10.1. The molecule has 2 saturated heterocycles. The third kappa shape index (κ3) is 3.41. The minimum Gasteiger partial charge on any atom is -0.295 e. The van der Waals surface area contributed by atoms with Crippen LogP contribution in [0.4, 0.5) is 0 Å². The van der Waals surface area contributed by atoms with Gasteiger partial charge in [-0.2, -0.15) is 16.8 Å². The first-order valence-electron chi connectivity index (χ1n) is 5.66. The fraction of sp³-hybridized carbons (Fsp3) is 1.00. The van der Waals surface area contributed by atoms with Gasteiger partial charge in [-0.25, -0.2) is 0 Å². The molecule has 0 amide bonds. The van der Waals surface area contributed by atoms with Crippen LogP contribution in [-0.4, -0.2) is 65.6 Å². The van der Waals surface area contributed by atoms with Gasteiger partial charge < -0.3 is 0 Å². The summed E-state index contributed by atoms with van der Waals surface area (Å²) >= 11 is 0. The number of fused-ring (bicyclic) bond motifs is 1. The van der Waals surface area contributed by atoms with Gasteiger partial charge in [0, 0.05) is 12.6 Å². The largest absolute Gasteiger partial charge is 0.295 e. The average molecular weight is 299 g/mol. The van der Waals surface area contributed by atoms with Crippen molar-refractivity contribution >= 4 is 20.2 Å². The fourth-order valence-electron chi connectivity index (χ4n) is 2.67. The second-order valence-electron chi connectivity index (χ2n) is 4.81. The highest BCUT2D eigenvalue weighted by Crippen LogP contribution is 2.33. The van der Waals surface area contributed by atoms with Crippen LogP contribution in [0.15, 0.2) is 0 Å². The molecule has 2 aliphatic heterocycles. The van der Waals surface area contributed by atoms with Crippen molar-refractivity contribution in [3.8, 4) is 0 Å². The molecule has 7 nitrogen and oxygen atoms in total. The normalized spacial score (nSPS) is 33.8. The minimum atomic E-state index is -3.64. The van der Waals surface area contributed by atoms with Gasteiger partial charge in [0.25, 0.3) is 20.2 Å². The van der Waals surface area contributed by atoms with Crippen LogP contribution >= 0.6 is 0 Å². The van der Waals surface area contributed by atoms with Crippen molar-refractivity contribution in [3.05, 3.63) is 0 Å². The van der Waals surface area contributed by atoms with Crippen LogP contribution in [0.25, 0.3) is 0 Å². The van der Waals surface area contributed by atoms with Crippen molar-refractivity contribution in [2.24, 2.45) is 0 Å². The zero-order chi connectivity index (χ0) is 13.6. The Morgan fingerprint density at radius 2 is 1.67 bits per heavy atom. The molecule has 9 heteroatoms. The zero-order valence-corrected chi connectivity index (χ0v) is 11.9. The van der Waals surface area contributed by atoms with E-state index >= 15 is 0 Å². The molecule has 2 aliphatic rings. The van der Waals surface area contributed by atoms with E-state index in [-0.39, 0.29) is 6.04 Å². The van der Waals surface area contributed by atoms with Gasteiger partial charge in [-0.05, 0) is 19.4 Å². The van der Waals surface area contributed by atoms with Crippen LogP contribution in [0.2, 0.25) is 0 Å². The van der Waals surface area contributed by atoms with Gasteiger partial charge in [-0.15, -0.1) is 0 Å². The van der Waals surface area contributed by atoms with Gasteiger partial charge in [0.2, 0.25) is 0 Å². The van der Waals surface area contributed by atoms with Crippen molar-refractivity contribution in [2.45, 2.75) is 31.1 Å². The lowest BCUT2D eigenvalue weighted by Crippen LogP contribution is -2.37. The monoisotopic (exact) mass is 299 g/mol. The summed E-state index contributed by atoms with van der Waals surface area (Å²) in [5.41, 5.74) is 0. The molecule has 0 aromatic carbocycles. The Hall–Kier alpha value is -0.220. The van der Waals surface area contributed by atoms with Crippen LogP contribution in [0.1, 0.15) is 12.8 Å². The van der Waals surface area contributed by atoms with Gasteiger partial charge in [-0.1, -0.05) is 0 Å². The number of rotatable bonds is 4. The second-order valence-corrected chi connectivity index (χ2v) is 8.01. The Balaban J connectivity index is 2.18. The van der Waals surface area contributed by atoms with Gasteiger partial charge >= 0.3 is 0 Å². The summed E-state index contributed by atoms with van der Waals surface area (Å²) in [7, 11) is -7.26. The molecule has 0 saturated carbocycles. The Morgan fingerprint density at radius 1 is 1.06 bits per heavy atom. The summed E-state index contributed by atoms with van der Waals surface area (Å²) in [6.07, 6.45) is 2.18. The lowest BCUT2D eigenvalue weighted by molar-refractivity contribution is 0.0830. The Morgan fingerprint density at radius 3 is 2.22 bits per heavy atom. The van der Waals surface area contributed by atoms with Crippen molar-refractivity contribution in [3.63, 3.8) is 0 Å². The average Bonchev–Trinajstić information content (AvgIpc) is 2.66. The molecule has 3 atom stereocenters. The first-order chi connectivity index (χ1) is 8.16. The van der Waals surface area contributed by atoms with E-state index < -0.39 is 32.4 Å². The smallest absolute Gasteiger partial charge is 0.264 e. The molecule has 2 fully saturated rings. The highest BCUT2D eigenvalue weighted by Gasteiger charge is 2.48. The Kier molecular flexibility index (Phi) is 3.72. The summed E-state index contributed by atoms with van der Waals surface area (Å²) in [6, 6.07) is -0.0773. The summed E-state index contributed by atoms with van der Waals surface area (Å²) < 4.78 is 54.8. The van der Waals surface area contributed by atoms with E-state index in [1.54, 1.807) is 0 Å². The van der Waals surface area contributed by atoms with Gasteiger partial charge in [0.05, 0.1) is 12.5 Å². The van der Waals surface area contributed by atoms with E-state index in [4.69, 9.17) is 8.37 Å². The molecule has 0 aromatic rings. The maximum atomic E-state index is 11.2. The topological polar surface area (TPSA) is 90.0 Å². The Bertz CT molecular complexity index is 513. The van der Waals surface area contributed by atoms with Crippen LogP contribution in [0.3, 0.4) is 0 Å². The molecule has 0 bridgehead atoms. The number of nitrogens with zero attached hydrogens (tertiary/aromatic N) is 1. The third-order valence-electron chi connectivity index (χ3n) is 3.16. The zero-order valence-electron chi connectivity index (χ0n) is 10.3. The van der Waals surface area contributed by atoms with E-state index in [2.05, 4.69) is 0 Å². The lowest BCUT2D eigenvalue weighted by Gasteiger charge is -2.21. The first kappa shape index (κ1) is 14.2. The van der Waals surface area contributed by atoms with Crippen molar-refractivity contribution in [2.75, 3.05) is 25.6 Å². The maximum Gasteiger partial charge on any atom is 0.264 e. The molecule has 0 N–H and O–H groups in total. The molecular formula is C9H17NO6S2. The molecule has 2 rings (SSSR count). The first-order valence-corrected chi connectivity index (χ1v) is 9.29. The van der Waals surface area contributed by atoms with Crippen molar-refractivity contribution in [1.82, 2.24) is 4.90 Å². The van der Waals surface area contributed by atoms with Gasteiger partial charge in [-0.3, -0.25) is 13.3 Å². The number of hydrogen-bond donors (Lipinski definition) is 0. The van der Waals surface area contributed by atoms with E-state index in [9.17, 15) is 16.8 Å². The molecule has 18 heavy (non-hydrogen) atoms. The van der Waals surface area contributed by atoms with Crippen molar-refractivity contribution < 1.29 is 25.2 Å². The van der Waals surface area contributed by atoms with Gasteiger partial charge in [0.15, 0.2) is 0 Å². The molecule has 0 unspecified atom stereocenters. The molecule has 106 valence electrons. The van der Waals surface area contributed by atoms with Crippen LogP contribution < -0.4 is 0 Å². The SMILES string of the molecule is CS(=O)(=O)O[C@H]1[C@H]2CCCN2C[C@H]1OS(C)(=O)=O. The van der Waals surface area contributed by atoms with E-state index in [1.807, 2.05) is 4.90 Å². The predicted octanol–water partition coefficient (Wildman–Crippen LogP) is -0.846. The molecule has 0 radical (unpaired) electrons. The van der Waals surface area contributed by atoms with Crippen LogP contribution in [0, 0.1) is 0 Å². The van der Waals surface area contributed by atoms with E-state index in [0.29, 0.717) is 6.54 Å². The molecule has 0 spiro atoms. The second kappa shape index (κ2) is 4.71. The minimum absolute atomic E-state index is 0.0773. The molecule has 0 aromatic heterocycles. The highest BCUT2D eigenvalue weighted by molar-refractivity contribution is 7.86. The standard InChI is InChI=1S/C9H17NO6S2/c1-17(11,12)15-8-6-10-5-3-4-7(10)9(8)16-18(2,13)14/h7-9H,3-6H2,1-2H3/t7-,8-,9+/m1/s1. The third-order valence-corrected chi connectivity index (χ3v) is 4.33. The van der Waals surface area contributed by atoms with Gasteiger partial charge in [0.1, 0.15) is 12.2 Å². The van der Waals surface area contributed by atoms with E-state index in [1.165, 1.54) is 0 Å². The maximum absolute atomic E-state index is 11.2. The van der Waals surface area contributed by atoms with E-state index in [0.717, 1.165) is 31.9 Å². The predicted molar refractivity (Wildman–Crippen MR) is 64.0 cm³/mol. The summed E-state index contributed by atoms with van der Waals surface area (Å²) in [5, 5.41) is 0. The fourth-order valence-corrected chi connectivity index (χ4v) is 3.95. The highest BCUT2D eigenvalue weighted by atomic mass is 32.2. The molecule has 0 aliphatic carbocycles. The summed E-state index contributed by atoms with van der Waals surface area (Å²) in [4.78, 5) is 2.02. The molecule has 2 heterocycles. The van der Waals surface area contributed by atoms with Crippen molar-refractivity contribution in [1.29, 1.82) is 0 Å². The number of hydrogen-bond acceptors (Lipinski definition) is 7. The molecular weight excluding hydrogens is 282 g/mol. The van der Waals surface area contributed by atoms with Crippen LogP contribution in [0.5, 0.6) is 0 Å². The quantitative estimate of drug-likeness (QED) is 0.625. The summed E-state index contributed by atoms with van der Waals surface area (Å²) in [5.74, 6) is 0. The Labute approximate surface area is 107 Å². The summed E-state index contributed by atoms with van der Waals surface area (Å²) in [6.45, 7) is 1.20.